The number of rotatable bonds is 4. The number of carbonyl (C=O) groups is 1. The van der Waals surface area contributed by atoms with Crippen LogP contribution in [0.2, 0.25) is 0 Å². The largest absolute Gasteiger partial charge is 0.369 e. The molecule has 1 rings (SSSR count). The van der Waals surface area contributed by atoms with Gasteiger partial charge in [0.15, 0.2) is 0 Å². The van der Waals surface area contributed by atoms with Crippen LogP contribution >= 0.6 is 0 Å². The molecule has 1 saturated heterocycles. The summed E-state index contributed by atoms with van der Waals surface area (Å²) in [4.78, 5) is 12.3. The Hall–Kier alpha value is -0.410. The number of Topliss-reactive ketones (excluding diaryl/α,β-unsaturated/α-hetero) is 1. The molecule has 3 heteroatoms. The van der Waals surface area contributed by atoms with Crippen LogP contribution in [0, 0.1) is 11.8 Å². The van der Waals surface area contributed by atoms with Crippen molar-refractivity contribution in [3.63, 3.8) is 0 Å². The van der Waals surface area contributed by atoms with E-state index in [1.165, 1.54) is 0 Å². The van der Waals surface area contributed by atoms with Gasteiger partial charge in [-0.1, -0.05) is 13.8 Å². The molecule has 0 amide bonds. The van der Waals surface area contributed by atoms with Gasteiger partial charge in [0.2, 0.25) is 0 Å². The molecule has 1 heterocycles. The van der Waals surface area contributed by atoms with Gasteiger partial charge >= 0.3 is 0 Å². The lowest BCUT2D eigenvalue weighted by molar-refractivity contribution is -0.129. The molecule has 0 aromatic carbocycles. The monoisotopic (exact) mass is 241 g/mol. The van der Waals surface area contributed by atoms with E-state index in [1.807, 2.05) is 27.7 Å². The van der Waals surface area contributed by atoms with Gasteiger partial charge in [-0.05, 0) is 40.0 Å². The van der Waals surface area contributed by atoms with E-state index < -0.39 is 0 Å². The van der Waals surface area contributed by atoms with Crippen molar-refractivity contribution in [3.8, 4) is 0 Å². The fourth-order valence-corrected chi connectivity index (χ4v) is 2.67. The van der Waals surface area contributed by atoms with Crippen LogP contribution < -0.4 is 5.73 Å². The quantitative estimate of drug-likeness (QED) is 0.823. The van der Waals surface area contributed by atoms with E-state index in [9.17, 15) is 4.79 Å². The van der Waals surface area contributed by atoms with Crippen LogP contribution in [-0.2, 0) is 9.53 Å². The predicted octanol–water partition coefficient (Wildman–Crippen LogP) is 2.52. The minimum absolute atomic E-state index is 0.0256. The summed E-state index contributed by atoms with van der Waals surface area (Å²) >= 11 is 0. The van der Waals surface area contributed by atoms with Gasteiger partial charge < -0.3 is 10.5 Å². The van der Waals surface area contributed by atoms with Crippen molar-refractivity contribution in [3.05, 3.63) is 0 Å². The molecule has 0 saturated carbocycles. The van der Waals surface area contributed by atoms with Crippen molar-refractivity contribution in [1.82, 2.24) is 0 Å². The molecule has 17 heavy (non-hydrogen) atoms. The molecule has 0 spiro atoms. The van der Waals surface area contributed by atoms with E-state index in [-0.39, 0.29) is 28.9 Å². The Labute approximate surface area is 105 Å². The Kier molecular flexibility index (Phi) is 4.04. The third-order valence-corrected chi connectivity index (χ3v) is 3.76. The van der Waals surface area contributed by atoms with Crippen molar-refractivity contribution in [2.45, 2.75) is 71.6 Å². The zero-order valence-corrected chi connectivity index (χ0v) is 12.0. The maximum Gasteiger partial charge on any atom is 0.140 e. The fourth-order valence-electron chi connectivity index (χ4n) is 2.67. The summed E-state index contributed by atoms with van der Waals surface area (Å²) in [6.45, 7) is 12.2. The summed E-state index contributed by atoms with van der Waals surface area (Å²) < 4.78 is 5.95. The number of ketones is 1. The molecule has 1 aliphatic heterocycles. The first kappa shape index (κ1) is 14.7. The Balaban J connectivity index is 2.70. The maximum absolute atomic E-state index is 12.3. The normalized spacial score (nSPS) is 28.4. The maximum atomic E-state index is 12.3. The molecule has 2 unspecified atom stereocenters. The van der Waals surface area contributed by atoms with Gasteiger partial charge in [0.1, 0.15) is 5.78 Å². The minimum Gasteiger partial charge on any atom is -0.369 e. The van der Waals surface area contributed by atoms with Gasteiger partial charge in [-0.25, -0.2) is 0 Å². The molecule has 0 aromatic rings. The summed E-state index contributed by atoms with van der Waals surface area (Å²) in [5.41, 5.74) is 5.41. The topological polar surface area (TPSA) is 52.3 Å². The molecule has 100 valence electrons. The Morgan fingerprint density at radius 2 is 1.88 bits per heavy atom. The average Bonchev–Trinajstić information content (AvgIpc) is 2.33. The van der Waals surface area contributed by atoms with E-state index in [0.29, 0.717) is 12.3 Å². The fraction of sp³-hybridized carbons (Fsp3) is 0.929. The molecule has 2 atom stereocenters. The van der Waals surface area contributed by atoms with Gasteiger partial charge in [0.25, 0.3) is 0 Å². The number of hydrogen-bond donors (Lipinski definition) is 1. The average molecular weight is 241 g/mol. The van der Waals surface area contributed by atoms with E-state index in [0.717, 1.165) is 6.42 Å². The molecule has 2 N–H and O–H groups in total. The van der Waals surface area contributed by atoms with Crippen LogP contribution in [0.1, 0.15) is 54.4 Å². The SMILES string of the molecule is CC(C)C(N)CC(=O)C1CC(C)(C)OC1(C)C. The second-order valence-electron chi connectivity index (χ2n) is 6.80. The Bertz CT molecular complexity index is 295. The van der Waals surface area contributed by atoms with Crippen molar-refractivity contribution < 1.29 is 9.53 Å². The molecular weight excluding hydrogens is 214 g/mol. The van der Waals surface area contributed by atoms with Crippen molar-refractivity contribution in [1.29, 1.82) is 0 Å². The van der Waals surface area contributed by atoms with E-state index >= 15 is 0 Å². The Morgan fingerprint density at radius 3 is 2.24 bits per heavy atom. The highest BCUT2D eigenvalue weighted by atomic mass is 16.5. The molecule has 1 aliphatic rings. The molecule has 3 nitrogen and oxygen atoms in total. The lowest BCUT2D eigenvalue weighted by atomic mass is 9.81. The first-order valence-corrected chi connectivity index (χ1v) is 6.53. The van der Waals surface area contributed by atoms with Gasteiger partial charge in [0.05, 0.1) is 11.2 Å². The highest BCUT2D eigenvalue weighted by Gasteiger charge is 2.48. The van der Waals surface area contributed by atoms with Gasteiger partial charge in [-0.15, -0.1) is 0 Å². The third kappa shape index (κ3) is 3.52. The third-order valence-electron chi connectivity index (χ3n) is 3.76. The molecular formula is C14H27NO2. The van der Waals surface area contributed by atoms with Crippen LogP contribution in [-0.4, -0.2) is 23.0 Å². The Morgan fingerprint density at radius 1 is 1.35 bits per heavy atom. The number of ether oxygens (including phenoxy) is 1. The highest BCUT2D eigenvalue weighted by Crippen LogP contribution is 2.42. The van der Waals surface area contributed by atoms with Gasteiger partial charge in [-0.3, -0.25) is 4.79 Å². The van der Waals surface area contributed by atoms with Crippen LogP contribution in [0.15, 0.2) is 0 Å². The summed E-state index contributed by atoms with van der Waals surface area (Å²) in [5, 5.41) is 0. The van der Waals surface area contributed by atoms with Gasteiger partial charge in [-0.2, -0.15) is 0 Å². The smallest absolute Gasteiger partial charge is 0.140 e. The molecule has 1 fully saturated rings. The molecule has 0 bridgehead atoms. The standard InChI is InChI=1S/C14H27NO2/c1-9(2)11(15)7-12(16)10-8-13(3,4)17-14(10,5)6/h9-11H,7-8,15H2,1-6H3. The van der Waals surface area contributed by atoms with E-state index in [4.69, 9.17) is 10.5 Å². The van der Waals surface area contributed by atoms with Crippen molar-refractivity contribution >= 4 is 5.78 Å². The summed E-state index contributed by atoms with van der Waals surface area (Å²) in [5.74, 6) is 0.571. The number of nitrogens with two attached hydrogens (primary N) is 1. The summed E-state index contributed by atoms with van der Waals surface area (Å²) in [6, 6.07) is -0.0398. The second-order valence-corrected chi connectivity index (χ2v) is 6.80. The van der Waals surface area contributed by atoms with E-state index in [1.54, 1.807) is 0 Å². The number of hydrogen-bond acceptors (Lipinski definition) is 3. The number of carbonyl (C=O) groups excluding carboxylic acids is 1. The zero-order valence-electron chi connectivity index (χ0n) is 12.0. The first-order chi connectivity index (χ1) is 7.55. The first-order valence-electron chi connectivity index (χ1n) is 6.53. The zero-order chi connectivity index (χ0) is 13.4. The van der Waals surface area contributed by atoms with Crippen LogP contribution in [0.25, 0.3) is 0 Å². The molecule has 0 radical (unpaired) electrons. The lowest BCUT2D eigenvalue weighted by Crippen LogP contribution is -2.38. The summed E-state index contributed by atoms with van der Waals surface area (Å²) in [7, 11) is 0. The lowest BCUT2D eigenvalue weighted by Gasteiger charge is -2.27. The summed E-state index contributed by atoms with van der Waals surface area (Å²) in [6.07, 6.45) is 1.26. The van der Waals surface area contributed by atoms with Crippen molar-refractivity contribution in [2.75, 3.05) is 0 Å². The van der Waals surface area contributed by atoms with Gasteiger partial charge in [0, 0.05) is 18.4 Å². The van der Waals surface area contributed by atoms with Crippen LogP contribution in [0.5, 0.6) is 0 Å². The van der Waals surface area contributed by atoms with Crippen LogP contribution in [0.3, 0.4) is 0 Å². The van der Waals surface area contributed by atoms with Crippen LogP contribution in [0.4, 0.5) is 0 Å². The minimum atomic E-state index is -0.364. The second kappa shape index (κ2) is 4.69. The molecule has 0 aliphatic carbocycles. The highest BCUT2D eigenvalue weighted by molar-refractivity contribution is 5.83. The molecule has 0 aromatic heterocycles. The van der Waals surface area contributed by atoms with Crippen molar-refractivity contribution in [2.24, 2.45) is 17.6 Å². The van der Waals surface area contributed by atoms with E-state index in [2.05, 4.69) is 13.8 Å². The predicted molar refractivity (Wildman–Crippen MR) is 69.8 cm³/mol.